The molecule has 0 saturated carbocycles. The molecule has 0 N–H and O–H groups in total. The number of halogens is 1. The summed E-state index contributed by atoms with van der Waals surface area (Å²) in [7, 11) is 0. The lowest BCUT2D eigenvalue weighted by Crippen LogP contribution is -1.94. The second-order valence-corrected chi connectivity index (χ2v) is 4.15. The van der Waals surface area contributed by atoms with Crippen LogP contribution >= 0.6 is 0 Å². The van der Waals surface area contributed by atoms with E-state index >= 15 is 0 Å². The standard InChI is InChI=1S/C13H14FN/c1-8(2)11-7-12-9(3)15-5-4-10(12)6-13(11)14/h4-8H,1-3H3. The van der Waals surface area contributed by atoms with Crippen molar-refractivity contribution >= 4 is 10.8 Å². The van der Waals surface area contributed by atoms with Gasteiger partial charge in [0.2, 0.25) is 0 Å². The average molecular weight is 203 g/mol. The van der Waals surface area contributed by atoms with Gasteiger partial charge in [-0.25, -0.2) is 4.39 Å². The maximum absolute atomic E-state index is 13.7. The van der Waals surface area contributed by atoms with Crippen LogP contribution in [0.5, 0.6) is 0 Å². The highest BCUT2D eigenvalue weighted by Gasteiger charge is 2.09. The molecule has 1 heterocycles. The molecule has 0 bridgehead atoms. The third-order valence-corrected chi connectivity index (χ3v) is 2.70. The van der Waals surface area contributed by atoms with Gasteiger partial charge in [0.05, 0.1) is 0 Å². The third kappa shape index (κ3) is 1.72. The molecule has 0 aliphatic rings. The first-order valence-corrected chi connectivity index (χ1v) is 5.14. The van der Waals surface area contributed by atoms with Gasteiger partial charge in [-0.3, -0.25) is 4.98 Å². The van der Waals surface area contributed by atoms with Gasteiger partial charge in [0.15, 0.2) is 0 Å². The second kappa shape index (κ2) is 3.61. The number of rotatable bonds is 1. The Morgan fingerprint density at radius 2 is 2.00 bits per heavy atom. The second-order valence-electron chi connectivity index (χ2n) is 4.15. The van der Waals surface area contributed by atoms with Gasteiger partial charge in [-0.05, 0) is 42.0 Å². The van der Waals surface area contributed by atoms with Crippen molar-refractivity contribution in [3.05, 3.63) is 41.5 Å². The Balaban J connectivity index is 2.78. The summed E-state index contributed by atoms with van der Waals surface area (Å²) in [5.74, 6) is 0.0807. The van der Waals surface area contributed by atoms with Crippen LogP contribution < -0.4 is 0 Å². The number of hydrogen-bond acceptors (Lipinski definition) is 1. The smallest absolute Gasteiger partial charge is 0.127 e. The van der Waals surface area contributed by atoms with Crippen LogP contribution in [0.1, 0.15) is 31.0 Å². The first-order valence-electron chi connectivity index (χ1n) is 5.14. The van der Waals surface area contributed by atoms with E-state index in [4.69, 9.17) is 0 Å². The van der Waals surface area contributed by atoms with E-state index in [9.17, 15) is 4.39 Å². The van der Waals surface area contributed by atoms with Crippen LogP contribution in [0.15, 0.2) is 24.4 Å². The highest BCUT2D eigenvalue weighted by molar-refractivity contribution is 5.85. The molecule has 2 aromatic rings. The molecular formula is C13H14FN. The highest BCUT2D eigenvalue weighted by Crippen LogP contribution is 2.25. The molecule has 0 saturated heterocycles. The fraction of sp³-hybridized carbons (Fsp3) is 0.308. The van der Waals surface area contributed by atoms with E-state index in [1.807, 2.05) is 32.9 Å². The van der Waals surface area contributed by atoms with Crippen LogP contribution in [-0.2, 0) is 0 Å². The number of nitrogens with zero attached hydrogens (tertiary/aromatic N) is 1. The monoisotopic (exact) mass is 203 g/mol. The van der Waals surface area contributed by atoms with Crippen molar-refractivity contribution < 1.29 is 4.39 Å². The summed E-state index contributed by atoms with van der Waals surface area (Å²) in [6, 6.07) is 5.35. The molecule has 0 unspecified atom stereocenters. The topological polar surface area (TPSA) is 12.9 Å². The van der Waals surface area contributed by atoms with Gasteiger partial charge in [0.1, 0.15) is 5.82 Å². The van der Waals surface area contributed by atoms with Crippen molar-refractivity contribution in [1.82, 2.24) is 4.98 Å². The minimum atomic E-state index is -0.122. The molecule has 0 spiro atoms. The Morgan fingerprint density at radius 3 is 2.67 bits per heavy atom. The molecule has 1 aromatic heterocycles. The van der Waals surface area contributed by atoms with Crippen LogP contribution in [0.4, 0.5) is 4.39 Å². The summed E-state index contributed by atoms with van der Waals surface area (Å²) in [5, 5.41) is 1.96. The van der Waals surface area contributed by atoms with Crippen molar-refractivity contribution in [2.75, 3.05) is 0 Å². The lowest BCUT2D eigenvalue weighted by molar-refractivity contribution is 0.600. The van der Waals surface area contributed by atoms with Gasteiger partial charge in [0, 0.05) is 17.3 Å². The molecular weight excluding hydrogens is 189 g/mol. The van der Waals surface area contributed by atoms with E-state index in [1.54, 1.807) is 12.3 Å². The molecule has 1 nitrogen and oxygen atoms in total. The Bertz CT molecular complexity index is 503. The van der Waals surface area contributed by atoms with Crippen molar-refractivity contribution in [2.45, 2.75) is 26.7 Å². The third-order valence-electron chi connectivity index (χ3n) is 2.70. The van der Waals surface area contributed by atoms with Crippen LogP contribution in [0, 0.1) is 12.7 Å². The van der Waals surface area contributed by atoms with E-state index < -0.39 is 0 Å². The average Bonchev–Trinajstić information content (AvgIpc) is 2.16. The minimum absolute atomic E-state index is 0.122. The van der Waals surface area contributed by atoms with Gasteiger partial charge in [0.25, 0.3) is 0 Å². The summed E-state index contributed by atoms with van der Waals surface area (Å²) in [6.45, 7) is 5.94. The minimum Gasteiger partial charge on any atom is -0.261 e. The van der Waals surface area contributed by atoms with Crippen LogP contribution in [-0.4, -0.2) is 4.98 Å². The first kappa shape index (κ1) is 10.1. The van der Waals surface area contributed by atoms with Gasteiger partial charge in [-0.15, -0.1) is 0 Å². The Kier molecular flexibility index (Phi) is 2.43. The van der Waals surface area contributed by atoms with E-state index in [2.05, 4.69) is 4.98 Å². The molecule has 0 aliphatic heterocycles. The molecule has 2 heteroatoms. The number of fused-ring (bicyclic) bond motifs is 1. The number of pyridine rings is 1. The lowest BCUT2D eigenvalue weighted by Gasteiger charge is -2.09. The van der Waals surface area contributed by atoms with E-state index in [0.29, 0.717) is 0 Å². The maximum Gasteiger partial charge on any atom is 0.127 e. The van der Waals surface area contributed by atoms with E-state index in [0.717, 1.165) is 22.0 Å². The van der Waals surface area contributed by atoms with Crippen LogP contribution in [0.2, 0.25) is 0 Å². The Hall–Kier alpha value is -1.44. The summed E-state index contributed by atoms with van der Waals surface area (Å²) in [4.78, 5) is 4.21. The number of aryl methyl sites for hydroxylation is 1. The van der Waals surface area contributed by atoms with Crippen molar-refractivity contribution in [3.8, 4) is 0 Å². The zero-order valence-corrected chi connectivity index (χ0v) is 9.21. The van der Waals surface area contributed by atoms with E-state index in [-0.39, 0.29) is 11.7 Å². The van der Waals surface area contributed by atoms with Crippen LogP contribution in [0.3, 0.4) is 0 Å². The molecule has 0 radical (unpaired) electrons. The zero-order valence-electron chi connectivity index (χ0n) is 9.21. The van der Waals surface area contributed by atoms with Crippen molar-refractivity contribution in [1.29, 1.82) is 0 Å². The highest BCUT2D eigenvalue weighted by atomic mass is 19.1. The van der Waals surface area contributed by atoms with Gasteiger partial charge in [-0.1, -0.05) is 13.8 Å². The SMILES string of the molecule is Cc1nccc2cc(F)c(C(C)C)cc12. The summed E-state index contributed by atoms with van der Waals surface area (Å²) in [5.41, 5.74) is 1.72. The van der Waals surface area contributed by atoms with Gasteiger partial charge < -0.3 is 0 Å². The Labute approximate surface area is 89.0 Å². The molecule has 78 valence electrons. The zero-order chi connectivity index (χ0) is 11.0. The predicted octanol–water partition coefficient (Wildman–Crippen LogP) is 3.81. The maximum atomic E-state index is 13.7. The first-order chi connectivity index (χ1) is 7.09. The number of aromatic nitrogens is 1. The van der Waals surface area contributed by atoms with Crippen molar-refractivity contribution in [3.63, 3.8) is 0 Å². The molecule has 0 atom stereocenters. The van der Waals surface area contributed by atoms with Crippen LogP contribution in [0.25, 0.3) is 10.8 Å². The van der Waals surface area contributed by atoms with Gasteiger partial charge >= 0.3 is 0 Å². The Morgan fingerprint density at radius 1 is 1.27 bits per heavy atom. The molecule has 0 amide bonds. The fourth-order valence-corrected chi connectivity index (χ4v) is 1.80. The molecule has 1 aromatic carbocycles. The fourth-order valence-electron chi connectivity index (χ4n) is 1.80. The molecule has 15 heavy (non-hydrogen) atoms. The quantitative estimate of drug-likeness (QED) is 0.686. The summed E-state index contributed by atoms with van der Waals surface area (Å²) < 4.78 is 13.7. The largest absolute Gasteiger partial charge is 0.261 e. The molecule has 0 fully saturated rings. The number of benzene rings is 1. The molecule has 0 aliphatic carbocycles. The normalized spacial score (nSPS) is 11.3. The lowest BCUT2D eigenvalue weighted by atomic mass is 9.98. The number of hydrogen-bond donors (Lipinski definition) is 0. The van der Waals surface area contributed by atoms with Crippen molar-refractivity contribution in [2.24, 2.45) is 0 Å². The summed E-state index contributed by atoms with van der Waals surface area (Å²) >= 11 is 0. The predicted molar refractivity (Wildman–Crippen MR) is 60.5 cm³/mol. The van der Waals surface area contributed by atoms with Gasteiger partial charge in [-0.2, -0.15) is 0 Å². The summed E-state index contributed by atoms with van der Waals surface area (Å²) in [6.07, 6.45) is 1.71. The van der Waals surface area contributed by atoms with E-state index in [1.165, 1.54) is 0 Å². The molecule has 2 rings (SSSR count).